The topological polar surface area (TPSA) is 49.6 Å². The van der Waals surface area contributed by atoms with Crippen LogP contribution in [0.4, 0.5) is 5.69 Å². The van der Waals surface area contributed by atoms with E-state index in [1.54, 1.807) is 23.1 Å². The molecular weight excluding hydrogens is 290 g/mol. The maximum atomic E-state index is 12.3. The van der Waals surface area contributed by atoms with Crippen LogP contribution in [0.5, 0.6) is 0 Å². The summed E-state index contributed by atoms with van der Waals surface area (Å²) in [4.78, 5) is 16.2. The Balaban J connectivity index is 2.28. The average molecular weight is 310 g/mol. The van der Waals surface area contributed by atoms with Crippen molar-refractivity contribution in [3.63, 3.8) is 0 Å². The summed E-state index contributed by atoms with van der Waals surface area (Å²) in [5.74, 6) is -0.186. The van der Waals surface area contributed by atoms with Crippen molar-refractivity contribution in [2.75, 3.05) is 37.6 Å². The number of likely N-dealkylation sites (N-methyl/N-ethyl adjacent to an activating group) is 1. The molecule has 114 valence electrons. The molecule has 21 heavy (non-hydrogen) atoms. The number of carbonyl (C=O) groups excluding carboxylic acids is 1. The van der Waals surface area contributed by atoms with Gasteiger partial charge in [-0.15, -0.1) is 0 Å². The van der Waals surface area contributed by atoms with Gasteiger partial charge in [0.05, 0.1) is 11.3 Å². The predicted octanol–water partition coefficient (Wildman–Crippen LogP) is 1.96. The number of nitrogens with zero attached hydrogens (tertiary/aromatic N) is 3. The zero-order valence-corrected chi connectivity index (χ0v) is 13.1. The zero-order chi connectivity index (χ0) is 15.4. The molecule has 0 saturated carbocycles. The number of anilines is 1. The molecule has 0 fully saturated rings. The molecule has 0 radical (unpaired) electrons. The Morgan fingerprint density at radius 1 is 1.38 bits per heavy atom. The van der Waals surface area contributed by atoms with Crippen molar-refractivity contribution >= 4 is 29.4 Å². The number of benzodiazepines with no additional fused rings is 1. The summed E-state index contributed by atoms with van der Waals surface area (Å²) in [7, 11) is 0. The summed E-state index contributed by atoms with van der Waals surface area (Å²) in [6.07, 6.45) is 1.43. The second-order valence-corrected chi connectivity index (χ2v) is 5.42. The van der Waals surface area contributed by atoms with E-state index in [1.165, 1.54) is 6.21 Å². The van der Waals surface area contributed by atoms with Gasteiger partial charge in [-0.3, -0.25) is 4.79 Å². The third kappa shape index (κ3) is 3.74. The molecule has 1 aliphatic rings. The molecule has 6 heteroatoms. The highest BCUT2D eigenvalue weighted by atomic mass is 35.5. The Kier molecular flexibility index (Phi) is 5.20. The van der Waals surface area contributed by atoms with Crippen molar-refractivity contribution in [3.8, 4) is 0 Å². The van der Waals surface area contributed by atoms with Crippen LogP contribution in [0.3, 0.4) is 0 Å². The largest absolute Gasteiger partial charge is 0.623 e. The van der Waals surface area contributed by atoms with Gasteiger partial charge in [0, 0.05) is 18.1 Å². The maximum absolute atomic E-state index is 12.3. The average Bonchev–Trinajstić information content (AvgIpc) is 2.55. The molecule has 0 bridgehead atoms. The van der Waals surface area contributed by atoms with Gasteiger partial charge in [-0.2, -0.15) is 0 Å². The summed E-state index contributed by atoms with van der Waals surface area (Å²) >= 11 is 5.98. The van der Waals surface area contributed by atoms with Crippen molar-refractivity contribution < 1.29 is 9.53 Å². The highest BCUT2D eigenvalue weighted by Gasteiger charge is 2.25. The van der Waals surface area contributed by atoms with E-state index >= 15 is 0 Å². The summed E-state index contributed by atoms with van der Waals surface area (Å²) in [5.41, 5.74) is 1.43. The lowest BCUT2D eigenvalue weighted by atomic mass is 10.1. The van der Waals surface area contributed by atoms with E-state index in [9.17, 15) is 10.0 Å². The van der Waals surface area contributed by atoms with Gasteiger partial charge < -0.3 is 15.0 Å². The minimum atomic E-state index is -0.186. The molecular formula is C15H20ClN3O2. The number of hydrogen-bond acceptors (Lipinski definition) is 3. The molecule has 0 saturated heterocycles. The number of halogens is 1. The Hall–Kier alpha value is -1.59. The highest BCUT2D eigenvalue weighted by Crippen LogP contribution is 2.24. The molecule has 0 N–H and O–H groups in total. The quantitative estimate of drug-likeness (QED) is 0.617. The monoisotopic (exact) mass is 309 g/mol. The van der Waals surface area contributed by atoms with E-state index in [2.05, 4.69) is 18.7 Å². The first kappa shape index (κ1) is 15.8. The minimum Gasteiger partial charge on any atom is -0.623 e. The molecule has 0 spiro atoms. The molecule has 0 unspecified atom stereocenters. The van der Waals surface area contributed by atoms with Gasteiger partial charge in [-0.1, -0.05) is 25.4 Å². The molecule has 2 rings (SSSR count). The van der Waals surface area contributed by atoms with E-state index in [0.717, 1.165) is 25.3 Å². The van der Waals surface area contributed by atoms with Crippen LogP contribution in [-0.2, 0) is 4.79 Å². The summed E-state index contributed by atoms with van der Waals surface area (Å²) in [5, 5.41) is 12.3. The third-order valence-corrected chi connectivity index (χ3v) is 3.92. The van der Waals surface area contributed by atoms with Crippen molar-refractivity contribution in [2.45, 2.75) is 13.8 Å². The van der Waals surface area contributed by atoms with E-state index < -0.39 is 0 Å². The standard InChI is InChI=1S/C15H20ClN3O2/c1-3-17(4-2)7-8-19-14-6-5-13(16)9-12(14)10-18(21)11-15(19)20/h5-6,9-10H,3-4,7-8,11H2,1-2H3. The SMILES string of the molecule is CCN(CC)CCN1C(=O)C[N+]([O-])=Cc2cc(Cl)ccc21. The van der Waals surface area contributed by atoms with E-state index in [1.807, 2.05) is 0 Å². The first-order valence-corrected chi connectivity index (χ1v) is 7.53. The molecule has 0 aromatic heterocycles. The fourth-order valence-electron chi connectivity index (χ4n) is 2.45. The first-order chi connectivity index (χ1) is 10.0. The van der Waals surface area contributed by atoms with Crippen LogP contribution in [-0.4, -0.2) is 54.5 Å². The fourth-order valence-corrected chi connectivity index (χ4v) is 2.64. The van der Waals surface area contributed by atoms with Crippen molar-refractivity contribution in [1.29, 1.82) is 0 Å². The lowest BCUT2D eigenvalue weighted by molar-refractivity contribution is -0.439. The van der Waals surface area contributed by atoms with Crippen LogP contribution in [0.15, 0.2) is 18.2 Å². The normalized spacial score (nSPS) is 15.0. The number of hydrogen-bond donors (Lipinski definition) is 0. The number of benzene rings is 1. The van der Waals surface area contributed by atoms with Crippen LogP contribution in [0, 0.1) is 5.21 Å². The lowest BCUT2D eigenvalue weighted by Gasteiger charge is -2.25. The minimum absolute atomic E-state index is 0.162. The van der Waals surface area contributed by atoms with Crippen molar-refractivity contribution in [3.05, 3.63) is 34.0 Å². The van der Waals surface area contributed by atoms with E-state index in [-0.39, 0.29) is 12.5 Å². The van der Waals surface area contributed by atoms with Gasteiger partial charge in [0.2, 0.25) is 6.54 Å². The molecule has 5 nitrogen and oxygen atoms in total. The Bertz CT molecular complexity index is 556. The number of fused-ring (bicyclic) bond motifs is 1. The summed E-state index contributed by atoms with van der Waals surface area (Å²) in [6.45, 7) is 7.24. The maximum Gasteiger partial charge on any atom is 0.293 e. The van der Waals surface area contributed by atoms with Gasteiger partial charge in [-0.25, -0.2) is 4.74 Å². The molecule has 0 aliphatic carbocycles. The number of hydroxylamine groups is 1. The molecule has 1 heterocycles. The lowest BCUT2D eigenvalue weighted by Crippen LogP contribution is -2.40. The zero-order valence-electron chi connectivity index (χ0n) is 12.4. The van der Waals surface area contributed by atoms with Crippen LogP contribution in [0.1, 0.15) is 19.4 Å². The molecule has 1 aromatic rings. The van der Waals surface area contributed by atoms with Gasteiger partial charge in [0.15, 0.2) is 6.21 Å². The Morgan fingerprint density at radius 3 is 2.76 bits per heavy atom. The Labute approximate surface area is 130 Å². The van der Waals surface area contributed by atoms with Gasteiger partial charge in [-0.05, 0) is 31.3 Å². The van der Waals surface area contributed by atoms with Crippen LogP contribution in [0.2, 0.25) is 5.02 Å². The second-order valence-electron chi connectivity index (χ2n) is 4.98. The van der Waals surface area contributed by atoms with Gasteiger partial charge in [0.1, 0.15) is 0 Å². The van der Waals surface area contributed by atoms with Crippen LogP contribution >= 0.6 is 11.6 Å². The number of carbonyl (C=O) groups is 1. The summed E-state index contributed by atoms with van der Waals surface area (Å²) in [6, 6.07) is 5.25. The van der Waals surface area contributed by atoms with Crippen LogP contribution < -0.4 is 4.90 Å². The second kappa shape index (κ2) is 6.91. The Morgan fingerprint density at radius 2 is 2.10 bits per heavy atom. The van der Waals surface area contributed by atoms with Gasteiger partial charge >= 0.3 is 0 Å². The smallest absolute Gasteiger partial charge is 0.293 e. The summed E-state index contributed by atoms with van der Waals surface area (Å²) < 4.78 is 0.662. The van der Waals surface area contributed by atoms with E-state index in [4.69, 9.17) is 11.6 Å². The van der Waals surface area contributed by atoms with Crippen LogP contribution in [0.25, 0.3) is 0 Å². The number of rotatable bonds is 5. The molecule has 1 amide bonds. The highest BCUT2D eigenvalue weighted by molar-refractivity contribution is 6.31. The third-order valence-electron chi connectivity index (χ3n) is 3.69. The van der Waals surface area contributed by atoms with Gasteiger partial charge in [0.25, 0.3) is 5.91 Å². The molecule has 1 aromatic carbocycles. The number of amides is 1. The molecule has 1 aliphatic heterocycles. The molecule has 0 atom stereocenters. The predicted molar refractivity (Wildman–Crippen MR) is 85.3 cm³/mol. The van der Waals surface area contributed by atoms with Crippen molar-refractivity contribution in [2.24, 2.45) is 0 Å². The fraction of sp³-hybridized carbons (Fsp3) is 0.467. The first-order valence-electron chi connectivity index (χ1n) is 7.16. The van der Waals surface area contributed by atoms with Crippen molar-refractivity contribution in [1.82, 2.24) is 4.90 Å². The van der Waals surface area contributed by atoms with E-state index in [0.29, 0.717) is 21.9 Å².